The number of furan rings is 1. The summed E-state index contributed by atoms with van der Waals surface area (Å²) < 4.78 is 28.7. The van der Waals surface area contributed by atoms with Crippen LogP contribution in [0.4, 0.5) is 0 Å². The first kappa shape index (κ1) is 23.9. The van der Waals surface area contributed by atoms with E-state index >= 15 is 0 Å². The molecule has 1 aromatic heterocycles. The maximum atomic E-state index is 13.2. The molecule has 0 radical (unpaired) electrons. The van der Waals surface area contributed by atoms with E-state index < -0.39 is 21.8 Å². The van der Waals surface area contributed by atoms with E-state index in [-0.39, 0.29) is 28.2 Å². The molecule has 35 heavy (non-hydrogen) atoms. The summed E-state index contributed by atoms with van der Waals surface area (Å²) in [5.41, 5.74) is 1.97. The number of nitrogens with two attached hydrogens (primary N) is 1. The van der Waals surface area contributed by atoms with Crippen molar-refractivity contribution in [1.82, 2.24) is 4.90 Å². The van der Waals surface area contributed by atoms with Gasteiger partial charge >= 0.3 is 0 Å². The zero-order chi connectivity index (χ0) is 25.2. The minimum absolute atomic E-state index is 0.0204. The van der Waals surface area contributed by atoms with E-state index in [1.807, 2.05) is 36.4 Å². The van der Waals surface area contributed by atoms with Crippen molar-refractivity contribution < 1.29 is 22.4 Å². The molecule has 2 aromatic carbocycles. The van der Waals surface area contributed by atoms with Gasteiger partial charge in [0.2, 0.25) is 10.0 Å². The number of nitrogens with zero attached hydrogens (tertiary/aromatic N) is 2. The number of imide groups is 1. The van der Waals surface area contributed by atoms with Gasteiger partial charge in [-0.3, -0.25) is 14.5 Å². The maximum Gasteiger partial charge on any atom is 0.271 e. The van der Waals surface area contributed by atoms with Crippen molar-refractivity contribution in [2.45, 2.75) is 18.2 Å². The number of primary sulfonamides is 1. The summed E-state index contributed by atoms with van der Waals surface area (Å²) in [4.78, 5) is 27.1. The van der Waals surface area contributed by atoms with Crippen LogP contribution in [-0.4, -0.2) is 31.7 Å². The number of rotatable bonds is 6. The molecule has 3 aromatic rings. The first-order valence-electron chi connectivity index (χ1n) is 10.7. The molecule has 0 spiro atoms. The monoisotopic (exact) mass is 487 g/mol. The zero-order valence-corrected chi connectivity index (χ0v) is 19.6. The Hall–Kier alpha value is -4.26. The fraction of sp³-hybridized carbons (Fsp3) is 0.115. The van der Waals surface area contributed by atoms with E-state index in [9.17, 15) is 23.3 Å². The Morgan fingerprint density at radius 1 is 1.00 bits per heavy atom. The highest BCUT2D eigenvalue weighted by molar-refractivity contribution is 7.89. The van der Waals surface area contributed by atoms with Crippen molar-refractivity contribution in [1.29, 1.82) is 5.26 Å². The lowest BCUT2D eigenvalue weighted by Crippen LogP contribution is -2.43. The highest BCUT2D eigenvalue weighted by Gasteiger charge is 2.35. The molecule has 0 saturated carbocycles. The molecule has 2 heterocycles. The van der Waals surface area contributed by atoms with Crippen molar-refractivity contribution in [3.05, 3.63) is 94.8 Å². The Bertz CT molecular complexity index is 1510. The van der Waals surface area contributed by atoms with E-state index in [2.05, 4.69) is 0 Å². The highest BCUT2D eigenvalue weighted by atomic mass is 32.2. The standard InChI is InChI=1S/C26H21N3O5S/c1-17-22(15-20-9-12-24(34-20)19-7-10-21(11-8-19)35(28,32)33)25(30)29(26(31)23(17)16-27)14-13-18-5-3-2-4-6-18/h2-12,15H,13-14H2,1H3,(H2,28,32,33). The summed E-state index contributed by atoms with van der Waals surface area (Å²) in [7, 11) is -3.81. The number of benzene rings is 2. The summed E-state index contributed by atoms with van der Waals surface area (Å²) in [6.07, 6.45) is 1.96. The van der Waals surface area contributed by atoms with Gasteiger partial charge in [0.1, 0.15) is 23.2 Å². The Morgan fingerprint density at radius 2 is 1.69 bits per heavy atom. The van der Waals surface area contributed by atoms with Gasteiger partial charge < -0.3 is 4.42 Å². The van der Waals surface area contributed by atoms with Gasteiger partial charge in [0.15, 0.2) is 0 Å². The van der Waals surface area contributed by atoms with Gasteiger partial charge in [-0.15, -0.1) is 0 Å². The SMILES string of the molecule is CC1=C(C#N)C(=O)N(CCc2ccccc2)C(=O)C1=Cc1ccc(-c2ccc(S(N)(=O)=O)cc2)o1. The lowest BCUT2D eigenvalue weighted by Gasteiger charge is -2.27. The second-order valence-electron chi connectivity index (χ2n) is 7.94. The number of hydrogen-bond donors (Lipinski definition) is 1. The smallest absolute Gasteiger partial charge is 0.271 e. The third-order valence-corrected chi connectivity index (χ3v) is 6.60. The van der Waals surface area contributed by atoms with Crippen molar-refractivity contribution >= 4 is 27.9 Å². The number of carbonyl (C=O) groups is 2. The molecular weight excluding hydrogens is 466 g/mol. The molecule has 0 bridgehead atoms. The Morgan fingerprint density at radius 3 is 2.31 bits per heavy atom. The molecule has 2 N–H and O–H groups in total. The van der Waals surface area contributed by atoms with Crippen LogP contribution in [0.5, 0.6) is 0 Å². The van der Waals surface area contributed by atoms with Gasteiger partial charge in [0, 0.05) is 17.7 Å². The van der Waals surface area contributed by atoms with Gasteiger partial charge in [0.25, 0.3) is 11.8 Å². The van der Waals surface area contributed by atoms with Gasteiger partial charge in [-0.05, 0) is 67.0 Å². The average molecular weight is 488 g/mol. The second-order valence-corrected chi connectivity index (χ2v) is 9.50. The summed E-state index contributed by atoms with van der Waals surface area (Å²) >= 11 is 0. The number of amides is 2. The number of sulfonamides is 1. The van der Waals surface area contributed by atoms with Crippen molar-refractivity contribution in [3.8, 4) is 17.4 Å². The molecule has 1 aliphatic heterocycles. The summed E-state index contributed by atoms with van der Waals surface area (Å²) in [6.45, 7) is 1.70. The molecule has 0 aliphatic carbocycles. The van der Waals surface area contributed by atoms with Crippen molar-refractivity contribution in [2.75, 3.05) is 6.54 Å². The minimum atomic E-state index is -3.81. The summed E-state index contributed by atoms with van der Waals surface area (Å²) in [6, 6.07) is 20.6. The first-order chi connectivity index (χ1) is 16.7. The quantitative estimate of drug-likeness (QED) is 0.418. The first-order valence-corrected chi connectivity index (χ1v) is 12.2. The fourth-order valence-corrected chi connectivity index (χ4v) is 4.27. The lowest BCUT2D eigenvalue weighted by atomic mass is 9.94. The van der Waals surface area contributed by atoms with Crippen LogP contribution in [0.3, 0.4) is 0 Å². The van der Waals surface area contributed by atoms with Gasteiger partial charge in [-0.2, -0.15) is 5.26 Å². The van der Waals surface area contributed by atoms with Crippen LogP contribution in [0, 0.1) is 11.3 Å². The normalized spacial score (nSPS) is 15.6. The number of carbonyl (C=O) groups excluding carboxylic acids is 2. The van der Waals surface area contributed by atoms with Crippen LogP contribution in [-0.2, 0) is 26.0 Å². The molecule has 4 rings (SSSR count). The average Bonchev–Trinajstić information content (AvgIpc) is 3.31. The molecule has 0 fully saturated rings. The fourth-order valence-electron chi connectivity index (χ4n) is 3.76. The van der Waals surface area contributed by atoms with Gasteiger partial charge in [0.05, 0.1) is 4.90 Å². The molecular formula is C26H21N3O5S. The predicted octanol–water partition coefficient (Wildman–Crippen LogP) is 3.43. The summed E-state index contributed by atoms with van der Waals surface area (Å²) in [5, 5.41) is 14.7. The van der Waals surface area contributed by atoms with E-state index in [1.165, 1.54) is 18.2 Å². The Labute approximate surface area is 202 Å². The molecule has 176 valence electrons. The molecule has 0 atom stereocenters. The third kappa shape index (κ3) is 4.99. The van der Waals surface area contributed by atoms with E-state index in [1.54, 1.807) is 31.2 Å². The number of hydrogen-bond acceptors (Lipinski definition) is 6. The van der Waals surface area contributed by atoms with Crippen molar-refractivity contribution in [3.63, 3.8) is 0 Å². The lowest BCUT2D eigenvalue weighted by molar-refractivity contribution is -0.140. The molecule has 2 amide bonds. The summed E-state index contributed by atoms with van der Waals surface area (Å²) in [5.74, 6) is -0.329. The van der Waals surface area contributed by atoms with Crippen molar-refractivity contribution in [2.24, 2.45) is 5.14 Å². The third-order valence-electron chi connectivity index (χ3n) is 5.67. The van der Waals surface area contributed by atoms with Crippen LogP contribution in [0.15, 0.2) is 92.8 Å². The number of nitriles is 1. The Balaban J connectivity index is 1.63. The molecule has 8 nitrogen and oxygen atoms in total. The van der Waals surface area contributed by atoms with Crippen LogP contribution >= 0.6 is 0 Å². The predicted molar refractivity (Wildman–Crippen MR) is 129 cm³/mol. The molecule has 1 aliphatic rings. The van der Waals surface area contributed by atoms with Gasteiger partial charge in [-0.1, -0.05) is 30.3 Å². The largest absolute Gasteiger partial charge is 0.457 e. The van der Waals surface area contributed by atoms with E-state index in [0.717, 1.165) is 10.5 Å². The van der Waals surface area contributed by atoms with Gasteiger partial charge in [-0.25, -0.2) is 13.6 Å². The van der Waals surface area contributed by atoms with Crippen LogP contribution < -0.4 is 5.14 Å². The van der Waals surface area contributed by atoms with Crippen LogP contribution in [0.2, 0.25) is 0 Å². The molecule has 0 saturated heterocycles. The molecule has 9 heteroatoms. The highest BCUT2D eigenvalue weighted by Crippen LogP contribution is 2.29. The van der Waals surface area contributed by atoms with Crippen LogP contribution in [0.25, 0.3) is 17.4 Å². The second kappa shape index (κ2) is 9.54. The van der Waals surface area contributed by atoms with Crippen LogP contribution in [0.1, 0.15) is 18.2 Å². The zero-order valence-electron chi connectivity index (χ0n) is 18.8. The molecule has 0 unspecified atom stereocenters. The Kier molecular flexibility index (Phi) is 6.51. The van der Waals surface area contributed by atoms with E-state index in [4.69, 9.17) is 9.56 Å². The maximum absolute atomic E-state index is 13.2. The topological polar surface area (TPSA) is 134 Å². The minimum Gasteiger partial charge on any atom is -0.457 e. The van der Waals surface area contributed by atoms with E-state index in [0.29, 0.717) is 23.5 Å².